The normalized spacial score (nSPS) is 24.6. The summed E-state index contributed by atoms with van der Waals surface area (Å²) in [6.45, 7) is 4.76. The van der Waals surface area contributed by atoms with Gasteiger partial charge < -0.3 is 15.0 Å². The fourth-order valence-electron chi connectivity index (χ4n) is 4.58. The molecular formula is C22H23F3N4O. The molecule has 0 saturated carbocycles. The summed E-state index contributed by atoms with van der Waals surface area (Å²) >= 11 is 0. The number of nitrogens with one attached hydrogen (secondary N) is 2. The van der Waals surface area contributed by atoms with Crippen LogP contribution in [0.3, 0.4) is 0 Å². The number of aromatic nitrogens is 2. The number of rotatable bonds is 3. The van der Waals surface area contributed by atoms with Crippen molar-refractivity contribution in [2.24, 2.45) is 5.92 Å². The van der Waals surface area contributed by atoms with E-state index in [2.05, 4.69) is 27.1 Å². The lowest BCUT2D eigenvalue weighted by atomic mass is 9.94. The molecule has 3 atom stereocenters. The van der Waals surface area contributed by atoms with Crippen molar-refractivity contribution in [1.82, 2.24) is 14.9 Å². The van der Waals surface area contributed by atoms with Gasteiger partial charge >= 0.3 is 6.18 Å². The molecule has 0 unspecified atom stereocenters. The molecule has 30 heavy (non-hydrogen) atoms. The highest BCUT2D eigenvalue weighted by Gasteiger charge is 2.38. The first-order valence-corrected chi connectivity index (χ1v) is 10.2. The Morgan fingerprint density at radius 2 is 2.07 bits per heavy atom. The van der Waals surface area contributed by atoms with E-state index in [1.54, 1.807) is 6.07 Å². The Balaban J connectivity index is 1.54. The minimum atomic E-state index is -4.45. The van der Waals surface area contributed by atoms with Gasteiger partial charge in [0.1, 0.15) is 23.7 Å². The number of aromatic amines is 1. The second kappa shape index (κ2) is 7.19. The van der Waals surface area contributed by atoms with Gasteiger partial charge in [-0.25, -0.2) is 4.98 Å². The Morgan fingerprint density at radius 1 is 1.23 bits per heavy atom. The number of alkyl halides is 3. The van der Waals surface area contributed by atoms with Crippen molar-refractivity contribution >= 4 is 16.7 Å². The zero-order valence-corrected chi connectivity index (χ0v) is 16.5. The number of nitrogens with zero attached hydrogens (tertiary/aromatic N) is 2. The van der Waals surface area contributed by atoms with E-state index >= 15 is 0 Å². The first-order valence-electron chi connectivity index (χ1n) is 10.2. The molecule has 158 valence electrons. The molecule has 5 nitrogen and oxygen atoms in total. The Kier molecular flexibility index (Phi) is 4.61. The van der Waals surface area contributed by atoms with Crippen molar-refractivity contribution in [3.63, 3.8) is 0 Å². The Morgan fingerprint density at radius 3 is 2.83 bits per heavy atom. The van der Waals surface area contributed by atoms with E-state index in [4.69, 9.17) is 4.74 Å². The van der Waals surface area contributed by atoms with Gasteiger partial charge in [0.25, 0.3) is 0 Å². The molecule has 2 N–H and O–H groups in total. The van der Waals surface area contributed by atoms with E-state index in [0.717, 1.165) is 36.9 Å². The van der Waals surface area contributed by atoms with E-state index in [-0.39, 0.29) is 17.7 Å². The third kappa shape index (κ3) is 3.39. The van der Waals surface area contributed by atoms with Gasteiger partial charge in [-0.1, -0.05) is 25.1 Å². The smallest absolute Gasteiger partial charge is 0.431 e. The highest BCUT2D eigenvalue weighted by atomic mass is 19.4. The maximum Gasteiger partial charge on any atom is 0.431 e. The van der Waals surface area contributed by atoms with E-state index in [1.165, 1.54) is 6.20 Å². The van der Waals surface area contributed by atoms with Crippen LogP contribution < -0.4 is 10.1 Å². The molecule has 1 saturated heterocycles. The number of anilines is 1. The zero-order chi connectivity index (χ0) is 20.9. The lowest BCUT2D eigenvalue weighted by molar-refractivity contribution is -0.140. The van der Waals surface area contributed by atoms with Gasteiger partial charge in [0, 0.05) is 29.4 Å². The summed E-state index contributed by atoms with van der Waals surface area (Å²) in [5, 5.41) is 3.97. The molecule has 2 aliphatic heterocycles. The van der Waals surface area contributed by atoms with Gasteiger partial charge in [0.05, 0.1) is 12.1 Å². The average Bonchev–Trinajstić information content (AvgIpc) is 3.35. The van der Waals surface area contributed by atoms with Gasteiger partial charge in [-0.2, -0.15) is 13.2 Å². The molecule has 0 amide bonds. The van der Waals surface area contributed by atoms with Crippen LogP contribution in [-0.2, 0) is 6.18 Å². The highest BCUT2D eigenvalue weighted by molar-refractivity contribution is 5.90. The molecule has 1 fully saturated rings. The Hall–Kier alpha value is -2.74. The third-order valence-electron chi connectivity index (χ3n) is 6.12. The molecule has 0 spiro atoms. The molecule has 0 radical (unpaired) electrons. The molecule has 4 heterocycles. The first-order chi connectivity index (χ1) is 14.4. The topological polar surface area (TPSA) is 53.2 Å². The number of H-pyrrole nitrogens is 1. The predicted molar refractivity (Wildman–Crippen MR) is 109 cm³/mol. The van der Waals surface area contributed by atoms with E-state index in [9.17, 15) is 13.2 Å². The molecule has 5 rings (SSSR count). The fourth-order valence-corrected chi connectivity index (χ4v) is 4.58. The molecular weight excluding hydrogens is 393 g/mol. The van der Waals surface area contributed by atoms with Crippen molar-refractivity contribution in [2.75, 3.05) is 25.0 Å². The number of halogens is 3. The van der Waals surface area contributed by atoms with Crippen molar-refractivity contribution in [3.05, 3.63) is 53.9 Å². The number of para-hydroxylation sites is 1. The van der Waals surface area contributed by atoms with E-state index in [1.807, 2.05) is 24.3 Å². The molecule has 1 aromatic carbocycles. The second-order valence-electron chi connectivity index (χ2n) is 8.23. The lowest BCUT2D eigenvalue weighted by Gasteiger charge is -2.39. The van der Waals surface area contributed by atoms with E-state index in [0.29, 0.717) is 23.6 Å². The number of benzene rings is 1. The molecule has 3 aromatic rings. The highest BCUT2D eigenvalue weighted by Crippen LogP contribution is 2.40. The van der Waals surface area contributed by atoms with Crippen molar-refractivity contribution in [3.8, 4) is 5.75 Å². The molecule has 0 aliphatic carbocycles. The fraction of sp³-hybridized carbons (Fsp3) is 0.409. The molecule has 2 aliphatic rings. The predicted octanol–water partition coefficient (Wildman–Crippen LogP) is 4.84. The van der Waals surface area contributed by atoms with Crippen molar-refractivity contribution in [2.45, 2.75) is 31.6 Å². The first kappa shape index (κ1) is 19.2. The maximum absolute atomic E-state index is 13.2. The van der Waals surface area contributed by atoms with Crippen LogP contribution in [0.25, 0.3) is 11.0 Å². The summed E-state index contributed by atoms with van der Waals surface area (Å²) in [5.41, 5.74) is 1.08. The Bertz CT molecular complexity index is 1060. The number of hydrogen-bond donors (Lipinski definition) is 2. The van der Waals surface area contributed by atoms with Crippen molar-refractivity contribution in [1.29, 1.82) is 0 Å². The van der Waals surface area contributed by atoms with Crippen LogP contribution in [0.15, 0.2) is 42.6 Å². The minimum Gasteiger partial charge on any atom is -0.491 e. The van der Waals surface area contributed by atoms with Gasteiger partial charge in [0.15, 0.2) is 0 Å². The van der Waals surface area contributed by atoms with Gasteiger partial charge in [-0.05, 0) is 37.1 Å². The summed E-state index contributed by atoms with van der Waals surface area (Å²) in [5.74, 6) is 1.43. The van der Waals surface area contributed by atoms with Gasteiger partial charge in [-0.3, -0.25) is 4.90 Å². The van der Waals surface area contributed by atoms with Crippen LogP contribution in [0, 0.1) is 5.92 Å². The summed E-state index contributed by atoms with van der Waals surface area (Å²) < 4.78 is 45.7. The Labute approximate surface area is 172 Å². The largest absolute Gasteiger partial charge is 0.491 e. The van der Waals surface area contributed by atoms with E-state index < -0.39 is 11.9 Å². The summed E-state index contributed by atoms with van der Waals surface area (Å²) in [6, 6.07) is 10.7. The summed E-state index contributed by atoms with van der Waals surface area (Å²) in [7, 11) is 0. The standard InChI is InChI=1S/C22H23F3N4O/c1-13-7-9-29(11-13)17-12-30-18-5-3-2-4-14(18)20(17)27-16-6-8-26-21-15(16)10-19(28-21)22(23,24)25/h2-6,8,10,13,17,20H,7,9,11-12H2,1H3,(H2,26,27,28)/t13-,17-,20-/m0/s1. The van der Waals surface area contributed by atoms with Crippen LogP contribution in [0.4, 0.5) is 18.9 Å². The van der Waals surface area contributed by atoms with Gasteiger partial charge in [0.2, 0.25) is 0 Å². The van der Waals surface area contributed by atoms with Crippen LogP contribution in [0.5, 0.6) is 5.75 Å². The monoisotopic (exact) mass is 416 g/mol. The minimum absolute atomic E-state index is 0.0918. The molecule has 0 bridgehead atoms. The summed E-state index contributed by atoms with van der Waals surface area (Å²) in [4.78, 5) is 8.91. The average molecular weight is 416 g/mol. The SMILES string of the molecule is C[C@H]1CCN([C@H]2COc3ccccc3[C@@H]2Nc2ccnc3[nH]c(C(F)(F)F)cc23)C1. The third-order valence-corrected chi connectivity index (χ3v) is 6.12. The molecule has 2 aromatic heterocycles. The number of ether oxygens (including phenoxy) is 1. The number of fused-ring (bicyclic) bond motifs is 2. The van der Waals surface area contributed by atoms with Crippen LogP contribution in [0.1, 0.15) is 30.6 Å². The van der Waals surface area contributed by atoms with Gasteiger partial charge in [-0.15, -0.1) is 0 Å². The van der Waals surface area contributed by atoms with Crippen LogP contribution in [-0.4, -0.2) is 40.6 Å². The summed E-state index contributed by atoms with van der Waals surface area (Å²) in [6.07, 6.45) is -1.78. The zero-order valence-electron chi connectivity index (χ0n) is 16.5. The number of pyridine rings is 1. The maximum atomic E-state index is 13.2. The quantitative estimate of drug-likeness (QED) is 0.642. The lowest BCUT2D eigenvalue weighted by Crippen LogP contribution is -2.47. The number of likely N-dealkylation sites (tertiary alicyclic amines) is 1. The second-order valence-corrected chi connectivity index (χ2v) is 8.23. The van der Waals surface area contributed by atoms with Crippen LogP contribution >= 0.6 is 0 Å². The van der Waals surface area contributed by atoms with Crippen molar-refractivity contribution < 1.29 is 17.9 Å². The van der Waals surface area contributed by atoms with Crippen LogP contribution in [0.2, 0.25) is 0 Å². The number of hydrogen-bond acceptors (Lipinski definition) is 4. The molecule has 8 heteroatoms.